The van der Waals surface area contributed by atoms with Gasteiger partial charge in [-0.15, -0.1) is 0 Å². The predicted octanol–water partition coefficient (Wildman–Crippen LogP) is 1.25. The van der Waals surface area contributed by atoms with E-state index in [2.05, 4.69) is 0 Å². The van der Waals surface area contributed by atoms with Crippen molar-refractivity contribution in [1.29, 1.82) is 0 Å². The standard InChI is InChI=1S/C14H22N2O3S/c1-11-4-5-12(9-15)8-13(11)20(17,18)16-6-7-19-14(2,3)10-16/h4-5,8H,6-7,9-10,15H2,1-3H3. The zero-order valence-corrected chi connectivity index (χ0v) is 13.0. The average Bonchev–Trinajstić information content (AvgIpc) is 2.38. The SMILES string of the molecule is Cc1ccc(CN)cc1S(=O)(=O)N1CCOC(C)(C)C1. The van der Waals surface area contributed by atoms with Crippen molar-refractivity contribution < 1.29 is 13.2 Å². The lowest BCUT2D eigenvalue weighted by atomic mass is 10.1. The van der Waals surface area contributed by atoms with Gasteiger partial charge in [-0.25, -0.2) is 8.42 Å². The maximum Gasteiger partial charge on any atom is 0.243 e. The van der Waals surface area contributed by atoms with Gasteiger partial charge in [0.1, 0.15) is 0 Å². The number of nitrogens with zero attached hydrogens (tertiary/aromatic N) is 1. The molecule has 0 atom stereocenters. The maximum atomic E-state index is 12.8. The molecule has 1 aliphatic heterocycles. The van der Waals surface area contributed by atoms with Gasteiger partial charge in [-0.1, -0.05) is 12.1 Å². The van der Waals surface area contributed by atoms with Crippen LogP contribution in [0.4, 0.5) is 0 Å². The number of benzene rings is 1. The fraction of sp³-hybridized carbons (Fsp3) is 0.571. The predicted molar refractivity (Wildman–Crippen MR) is 77.9 cm³/mol. The largest absolute Gasteiger partial charge is 0.373 e. The Hall–Kier alpha value is -0.950. The quantitative estimate of drug-likeness (QED) is 0.911. The van der Waals surface area contributed by atoms with Crippen molar-refractivity contribution in [2.75, 3.05) is 19.7 Å². The molecule has 1 aromatic rings. The highest BCUT2D eigenvalue weighted by atomic mass is 32.2. The lowest BCUT2D eigenvalue weighted by molar-refractivity contribution is -0.0640. The molecule has 1 heterocycles. The lowest BCUT2D eigenvalue weighted by Gasteiger charge is -2.37. The Morgan fingerprint density at radius 2 is 2.10 bits per heavy atom. The zero-order valence-electron chi connectivity index (χ0n) is 12.2. The molecule has 0 aliphatic carbocycles. The number of sulfonamides is 1. The van der Waals surface area contributed by atoms with E-state index in [1.165, 1.54) is 4.31 Å². The molecule has 0 radical (unpaired) electrons. The Bertz CT molecular complexity index is 596. The summed E-state index contributed by atoms with van der Waals surface area (Å²) in [6, 6.07) is 5.34. The van der Waals surface area contributed by atoms with Gasteiger partial charge in [0.05, 0.1) is 17.1 Å². The molecule has 0 spiro atoms. The van der Waals surface area contributed by atoms with Crippen molar-refractivity contribution in [1.82, 2.24) is 4.31 Å². The zero-order chi connectivity index (χ0) is 15.0. The van der Waals surface area contributed by atoms with E-state index in [-0.39, 0.29) is 0 Å². The third-order valence-corrected chi connectivity index (χ3v) is 5.48. The van der Waals surface area contributed by atoms with Crippen LogP contribution in [0.3, 0.4) is 0 Å². The molecule has 2 rings (SSSR count). The Morgan fingerprint density at radius 1 is 1.40 bits per heavy atom. The molecule has 0 saturated carbocycles. The number of rotatable bonds is 3. The van der Waals surface area contributed by atoms with Gasteiger partial charge in [0.15, 0.2) is 0 Å². The van der Waals surface area contributed by atoms with Gasteiger partial charge >= 0.3 is 0 Å². The smallest absolute Gasteiger partial charge is 0.243 e. The molecular weight excluding hydrogens is 276 g/mol. The summed E-state index contributed by atoms with van der Waals surface area (Å²) in [4.78, 5) is 0.346. The summed E-state index contributed by atoms with van der Waals surface area (Å²) in [6.07, 6.45) is 0. The molecule has 5 nitrogen and oxygen atoms in total. The third-order valence-electron chi connectivity index (χ3n) is 3.50. The van der Waals surface area contributed by atoms with Gasteiger partial charge in [-0.2, -0.15) is 4.31 Å². The van der Waals surface area contributed by atoms with Gasteiger partial charge in [0.25, 0.3) is 0 Å². The number of hydrogen-bond donors (Lipinski definition) is 1. The third kappa shape index (κ3) is 3.03. The number of hydrogen-bond acceptors (Lipinski definition) is 4. The molecular formula is C14H22N2O3S. The van der Waals surface area contributed by atoms with E-state index in [1.54, 1.807) is 19.1 Å². The number of ether oxygens (including phenoxy) is 1. The second-order valence-corrected chi connectivity index (χ2v) is 7.66. The molecule has 1 fully saturated rings. The highest BCUT2D eigenvalue weighted by molar-refractivity contribution is 7.89. The van der Waals surface area contributed by atoms with Crippen molar-refractivity contribution in [3.05, 3.63) is 29.3 Å². The number of nitrogens with two attached hydrogens (primary N) is 1. The van der Waals surface area contributed by atoms with Gasteiger partial charge in [-0.05, 0) is 38.0 Å². The Balaban J connectivity index is 2.40. The average molecular weight is 298 g/mol. The first kappa shape index (κ1) is 15.4. The van der Waals surface area contributed by atoms with Crippen LogP contribution in [0.5, 0.6) is 0 Å². The van der Waals surface area contributed by atoms with Gasteiger partial charge in [0, 0.05) is 19.6 Å². The summed E-state index contributed by atoms with van der Waals surface area (Å²) in [6.45, 7) is 7.10. The minimum atomic E-state index is -3.50. The highest BCUT2D eigenvalue weighted by Gasteiger charge is 2.35. The van der Waals surface area contributed by atoms with E-state index in [0.717, 1.165) is 11.1 Å². The summed E-state index contributed by atoms with van der Waals surface area (Å²) >= 11 is 0. The van der Waals surface area contributed by atoms with Crippen LogP contribution in [-0.4, -0.2) is 38.0 Å². The maximum absolute atomic E-state index is 12.8. The van der Waals surface area contributed by atoms with E-state index in [1.807, 2.05) is 19.9 Å². The van der Waals surface area contributed by atoms with E-state index < -0.39 is 15.6 Å². The van der Waals surface area contributed by atoms with Crippen molar-refractivity contribution in [3.8, 4) is 0 Å². The van der Waals surface area contributed by atoms with Crippen LogP contribution in [0.25, 0.3) is 0 Å². The first-order chi connectivity index (χ1) is 9.26. The van der Waals surface area contributed by atoms with Gasteiger partial charge in [0.2, 0.25) is 10.0 Å². The van der Waals surface area contributed by atoms with E-state index in [9.17, 15) is 8.42 Å². The topological polar surface area (TPSA) is 72.6 Å². The van der Waals surface area contributed by atoms with Gasteiger partial charge in [-0.3, -0.25) is 0 Å². The van der Waals surface area contributed by atoms with E-state index in [0.29, 0.717) is 31.1 Å². The summed E-state index contributed by atoms with van der Waals surface area (Å²) in [5, 5.41) is 0. The second-order valence-electron chi connectivity index (χ2n) is 5.75. The highest BCUT2D eigenvalue weighted by Crippen LogP contribution is 2.26. The summed E-state index contributed by atoms with van der Waals surface area (Å²) in [5.41, 5.74) is 6.71. The molecule has 6 heteroatoms. The van der Waals surface area contributed by atoms with Crippen molar-refractivity contribution in [2.45, 2.75) is 37.8 Å². The minimum absolute atomic E-state index is 0.331. The number of aryl methyl sites for hydroxylation is 1. The van der Waals surface area contributed by atoms with E-state index in [4.69, 9.17) is 10.5 Å². The Morgan fingerprint density at radius 3 is 2.70 bits per heavy atom. The molecule has 20 heavy (non-hydrogen) atoms. The van der Waals surface area contributed by atoms with Crippen molar-refractivity contribution >= 4 is 10.0 Å². The molecule has 0 unspecified atom stereocenters. The lowest BCUT2D eigenvalue weighted by Crippen LogP contribution is -2.50. The first-order valence-electron chi connectivity index (χ1n) is 6.70. The molecule has 0 amide bonds. The minimum Gasteiger partial charge on any atom is -0.373 e. The fourth-order valence-electron chi connectivity index (χ4n) is 2.37. The molecule has 1 aromatic carbocycles. The van der Waals surface area contributed by atoms with Crippen molar-refractivity contribution in [3.63, 3.8) is 0 Å². The van der Waals surface area contributed by atoms with E-state index >= 15 is 0 Å². The van der Waals surface area contributed by atoms with Crippen LogP contribution >= 0.6 is 0 Å². The molecule has 1 aliphatic rings. The normalized spacial score (nSPS) is 20.0. The van der Waals surface area contributed by atoms with Crippen molar-refractivity contribution in [2.24, 2.45) is 5.73 Å². The van der Waals surface area contributed by atoms with Crippen LogP contribution < -0.4 is 5.73 Å². The molecule has 1 saturated heterocycles. The molecule has 0 aromatic heterocycles. The molecule has 2 N–H and O–H groups in total. The summed E-state index contributed by atoms with van der Waals surface area (Å²) in [7, 11) is -3.50. The Kier molecular flexibility index (Phi) is 4.20. The van der Waals surface area contributed by atoms with Gasteiger partial charge < -0.3 is 10.5 Å². The molecule has 112 valence electrons. The van der Waals surface area contributed by atoms with Crippen LogP contribution in [0.2, 0.25) is 0 Å². The fourth-order valence-corrected chi connectivity index (χ4v) is 4.22. The second kappa shape index (κ2) is 5.44. The Labute approximate surface area is 120 Å². The first-order valence-corrected chi connectivity index (χ1v) is 8.14. The van der Waals surface area contributed by atoms with Crippen LogP contribution in [0.1, 0.15) is 25.0 Å². The number of morpholine rings is 1. The van der Waals surface area contributed by atoms with Crippen LogP contribution in [0.15, 0.2) is 23.1 Å². The van der Waals surface area contributed by atoms with Crippen LogP contribution in [0, 0.1) is 6.92 Å². The molecule has 0 bridgehead atoms. The van der Waals surface area contributed by atoms with Crippen LogP contribution in [-0.2, 0) is 21.3 Å². The summed E-state index contributed by atoms with van der Waals surface area (Å²) in [5.74, 6) is 0. The summed E-state index contributed by atoms with van der Waals surface area (Å²) < 4.78 is 32.7. The monoisotopic (exact) mass is 298 g/mol.